The predicted molar refractivity (Wildman–Crippen MR) is 107 cm³/mol. The van der Waals surface area contributed by atoms with Crippen molar-refractivity contribution in [2.45, 2.75) is 13.0 Å². The Kier molecular flexibility index (Phi) is 5.63. The Morgan fingerprint density at radius 3 is 2.33 bits per heavy atom. The van der Waals surface area contributed by atoms with Gasteiger partial charge in [-0.1, -0.05) is 53.5 Å². The molecule has 0 bridgehead atoms. The molecule has 0 saturated heterocycles. The Bertz CT molecular complexity index is 1020. The van der Waals surface area contributed by atoms with Crippen molar-refractivity contribution in [1.29, 1.82) is 0 Å². The van der Waals surface area contributed by atoms with Crippen LogP contribution in [0.15, 0.2) is 65.6 Å². The van der Waals surface area contributed by atoms with Crippen LogP contribution >= 0.6 is 23.2 Å². The second-order valence-electron chi connectivity index (χ2n) is 6.07. The maximum Gasteiger partial charge on any atom is 0.291 e. The summed E-state index contributed by atoms with van der Waals surface area (Å²) >= 11 is 11.7. The molecule has 0 aliphatic rings. The van der Waals surface area contributed by atoms with Crippen molar-refractivity contribution in [2.75, 3.05) is 7.05 Å². The van der Waals surface area contributed by atoms with Crippen molar-refractivity contribution < 1.29 is 4.79 Å². The highest BCUT2D eigenvalue weighted by Crippen LogP contribution is 2.21. The molecule has 0 fully saturated rings. The molecule has 1 heterocycles. The van der Waals surface area contributed by atoms with E-state index in [4.69, 9.17) is 23.2 Å². The average molecular weight is 402 g/mol. The Morgan fingerprint density at radius 2 is 1.70 bits per heavy atom. The minimum absolute atomic E-state index is 0.0715. The number of hydrogen-bond acceptors (Lipinski definition) is 3. The van der Waals surface area contributed by atoms with Crippen LogP contribution in [0.1, 0.15) is 28.9 Å². The van der Waals surface area contributed by atoms with E-state index in [2.05, 4.69) is 5.10 Å². The number of halogens is 2. The molecule has 0 N–H and O–H groups in total. The summed E-state index contributed by atoms with van der Waals surface area (Å²) < 4.78 is 1.14. The van der Waals surface area contributed by atoms with Gasteiger partial charge in [-0.05, 0) is 36.8 Å². The monoisotopic (exact) mass is 401 g/mol. The van der Waals surface area contributed by atoms with Gasteiger partial charge in [-0.25, -0.2) is 0 Å². The molecule has 0 unspecified atom stereocenters. The van der Waals surface area contributed by atoms with Crippen molar-refractivity contribution in [1.82, 2.24) is 14.7 Å². The minimum Gasteiger partial charge on any atom is -0.335 e. The van der Waals surface area contributed by atoms with Gasteiger partial charge in [0.1, 0.15) is 5.02 Å². The summed E-state index contributed by atoms with van der Waals surface area (Å²) in [7, 11) is 1.76. The Labute approximate surface area is 166 Å². The molecule has 3 rings (SSSR count). The fourth-order valence-electron chi connectivity index (χ4n) is 2.68. The number of carbonyl (C=O) groups excluding carboxylic acids is 1. The molecule has 2 aromatic carbocycles. The van der Waals surface area contributed by atoms with Crippen molar-refractivity contribution in [2.24, 2.45) is 0 Å². The summed E-state index contributed by atoms with van der Waals surface area (Å²) in [5, 5.41) is 3.98. The van der Waals surface area contributed by atoms with Gasteiger partial charge in [0.05, 0.1) is 22.9 Å². The van der Waals surface area contributed by atoms with Crippen molar-refractivity contribution in [3.63, 3.8) is 0 Å². The van der Waals surface area contributed by atoms with Gasteiger partial charge in [0.15, 0.2) is 0 Å². The van der Waals surface area contributed by atoms with E-state index >= 15 is 0 Å². The van der Waals surface area contributed by atoms with Gasteiger partial charge >= 0.3 is 0 Å². The first-order chi connectivity index (χ1) is 12.9. The van der Waals surface area contributed by atoms with Crippen LogP contribution in [0.5, 0.6) is 0 Å². The number of aromatic nitrogens is 2. The van der Waals surface area contributed by atoms with Crippen LogP contribution in [-0.2, 0) is 0 Å². The average Bonchev–Trinajstić information content (AvgIpc) is 2.71. The van der Waals surface area contributed by atoms with E-state index < -0.39 is 5.56 Å². The summed E-state index contributed by atoms with van der Waals surface area (Å²) in [6.07, 6.45) is 1.31. The lowest BCUT2D eigenvalue weighted by molar-refractivity contribution is 0.0742. The van der Waals surface area contributed by atoms with E-state index in [1.54, 1.807) is 36.2 Å². The van der Waals surface area contributed by atoms with E-state index in [9.17, 15) is 9.59 Å². The third kappa shape index (κ3) is 3.89. The number of hydrogen-bond donors (Lipinski definition) is 0. The zero-order valence-corrected chi connectivity index (χ0v) is 16.3. The lowest BCUT2D eigenvalue weighted by Gasteiger charge is -2.25. The van der Waals surface area contributed by atoms with Gasteiger partial charge in [-0.15, -0.1) is 0 Å². The summed E-state index contributed by atoms with van der Waals surface area (Å²) in [4.78, 5) is 26.6. The maximum absolute atomic E-state index is 12.8. The first kappa shape index (κ1) is 19.1. The van der Waals surface area contributed by atoms with Gasteiger partial charge in [-0.3, -0.25) is 9.59 Å². The fourth-order valence-corrected chi connectivity index (χ4v) is 2.93. The topological polar surface area (TPSA) is 55.2 Å². The van der Waals surface area contributed by atoms with E-state index in [-0.39, 0.29) is 22.0 Å². The molecule has 1 aromatic heterocycles. The number of rotatable bonds is 4. The lowest BCUT2D eigenvalue weighted by Crippen LogP contribution is -2.29. The van der Waals surface area contributed by atoms with Crippen LogP contribution in [0.2, 0.25) is 10.0 Å². The number of carbonyl (C=O) groups is 1. The Balaban J connectivity index is 1.84. The second kappa shape index (κ2) is 7.94. The fraction of sp³-hybridized carbons (Fsp3) is 0.150. The minimum atomic E-state index is -0.516. The van der Waals surface area contributed by atoms with Gasteiger partial charge in [0, 0.05) is 12.6 Å². The van der Waals surface area contributed by atoms with Crippen LogP contribution in [-0.4, -0.2) is 27.6 Å². The second-order valence-corrected chi connectivity index (χ2v) is 6.86. The summed E-state index contributed by atoms with van der Waals surface area (Å²) in [6, 6.07) is 16.3. The third-order valence-corrected chi connectivity index (χ3v) is 5.17. The summed E-state index contributed by atoms with van der Waals surface area (Å²) in [5.41, 5.74) is 1.54. The molecular formula is C20H17Cl2N3O2. The molecule has 1 atom stereocenters. The third-order valence-electron chi connectivity index (χ3n) is 4.42. The van der Waals surface area contributed by atoms with Crippen LogP contribution < -0.4 is 5.56 Å². The molecule has 0 aliphatic carbocycles. The molecule has 138 valence electrons. The highest BCUT2D eigenvalue weighted by molar-refractivity contribution is 6.41. The Hall–Kier alpha value is -2.63. The van der Waals surface area contributed by atoms with Gasteiger partial charge < -0.3 is 4.90 Å². The van der Waals surface area contributed by atoms with Crippen LogP contribution in [0.3, 0.4) is 0 Å². The molecule has 0 spiro atoms. The molecule has 7 heteroatoms. The molecule has 1 amide bonds. The largest absolute Gasteiger partial charge is 0.335 e. The zero-order valence-electron chi connectivity index (χ0n) is 14.8. The van der Waals surface area contributed by atoms with Gasteiger partial charge in [0.2, 0.25) is 0 Å². The maximum atomic E-state index is 12.8. The molecule has 5 nitrogen and oxygen atoms in total. The van der Waals surface area contributed by atoms with E-state index in [1.807, 2.05) is 37.3 Å². The van der Waals surface area contributed by atoms with E-state index in [1.165, 1.54) is 6.20 Å². The number of benzene rings is 2. The number of nitrogens with zero attached hydrogens (tertiary/aromatic N) is 3. The SMILES string of the molecule is C[C@H](c1ccccc1)N(C)C(=O)c1ccc(-n2ncc(Cl)c(Cl)c2=O)cc1. The lowest BCUT2D eigenvalue weighted by atomic mass is 10.1. The highest BCUT2D eigenvalue weighted by Gasteiger charge is 2.19. The smallest absolute Gasteiger partial charge is 0.291 e. The van der Waals surface area contributed by atoms with E-state index in [0.29, 0.717) is 11.3 Å². The van der Waals surface area contributed by atoms with Crippen molar-refractivity contribution >= 4 is 29.1 Å². The Morgan fingerprint density at radius 1 is 1.07 bits per heavy atom. The van der Waals surface area contributed by atoms with Gasteiger partial charge in [-0.2, -0.15) is 9.78 Å². The molecular weight excluding hydrogens is 385 g/mol. The van der Waals surface area contributed by atoms with E-state index in [0.717, 1.165) is 10.2 Å². The normalized spacial score (nSPS) is 11.9. The van der Waals surface area contributed by atoms with Gasteiger partial charge in [0.25, 0.3) is 11.5 Å². The zero-order chi connectivity index (χ0) is 19.6. The summed E-state index contributed by atoms with van der Waals surface area (Å²) in [6.45, 7) is 1.97. The molecule has 0 radical (unpaired) electrons. The standard InChI is InChI=1S/C20H17Cl2N3O2/c1-13(14-6-4-3-5-7-14)24(2)19(26)15-8-10-16(11-9-15)25-20(27)18(22)17(21)12-23-25/h3-13H,1-2H3/t13-/m1/s1. The molecule has 3 aromatic rings. The first-order valence-corrected chi connectivity index (χ1v) is 9.01. The quantitative estimate of drug-likeness (QED) is 0.651. The first-order valence-electron chi connectivity index (χ1n) is 8.26. The van der Waals surface area contributed by atoms with Crippen molar-refractivity contribution in [3.05, 3.63) is 92.3 Å². The van der Waals surface area contributed by atoms with Crippen molar-refractivity contribution in [3.8, 4) is 5.69 Å². The predicted octanol–water partition coefficient (Wildman–Crippen LogP) is 4.37. The van der Waals surface area contributed by atoms with Crippen LogP contribution in [0.4, 0.5) is 0 Å². The molecule has 0 saturated carbocycles. The van der Waals surface area contributed by atoms with Crippen LogP contribution in [0.25, 0.3) is 5.69 Å². The molecule has 0 aliphatic heterocycles. The summed E-state index contributed by atoms with van der Waals surface area (Å²) in [5.74, 6) is -0.118. The number of amides is 1. The molecule has 27 heavy (non-hydrogen) atoms. The highest BCUT2D eigenvalue weighted by atomic mass is 35.5. The van der Waals surface area contributed by atoms with Crippen LogP contribution in [0, 0.1) is 0 Å².